The summed E-state index contributed by atoms with van der Waals surface area (Å²) in [5, 5.41) is 5.63. The fourth-order valence-corrected chi connectivity index (χ4v) is 5.39. The molecule has 1 saturated heterocycles. The second kappa shape index (κ2) is 8.91. The van der Waals surface area contributed by atoms with Gasteiger partial charge >= 0.3 is 0 Å². The Kier molecular flexibility index (Phi) is 6.21. The van der Waals surface area contributed by atoms with E-state index in [2.05, 4.69) is 10.6 Å². The lowest BCUT2D eigenvalue weighted by atomic mass is 9.97. The van der Waals surface area contributed by atoms with Crippen LogP contribution in [0.3, 0.4) is 0 Å². The minimum Gasteiger partial charge on any atom is -0.479 e. The van der Waals surface area contributed by atoms with Crippen molar-refractivity contribution in [3.05, 3.63) is 53.6 Å². The van der Waals surface area contributed by atoms with Crippen molar-refractivity contribution >= 4 is 27.5 Å². The minimum absolute atomic E-state index is 0.0506. The summed E-state index contributed by atoms with van der Waals surface area (Å²) in [7, 11) is -3.74. The first-order valence-electron chi connectivity index (χ1n) is 10.7. The van der Waals surface area contributed by atoms with Gasteiger partial charge in [0.25, 0.3) is 5.91 Å². The molecular weight excluding hydrogens is 430 g/mol. The lowest BCUT2D eigenvalue weighted by molar-refractivity contribution is -0.126. The summed E-state index contributed by atoms with van der Waals surface area (Å²) in [4.78, 5) is 24.5. The molecule has 0 aromatic heterocycles. The summed E-state index contributed by atoms with van der Waals surface area (Å²) in [6.07, 6.45) is 0.295. The van der Waals surface area contributed by atoms with E-state index in [9.17, 15) is 18.0 Å². The van der Waals surface area contributed by atoms with Crippen LogP contribution < -0.4 is 15.4 Å². The number of carbonyl (C=O) groups is 2. The van der Waals surface area contributed by atoms with Crippen molar-refractivity contribution in [2.45, 2.75) is 44.2 Å². The molecule has 2 amide bonds. The zero-order valence-corrected chi connectivity index (χ0v) is 18.9. The van der Waals surface area contributed by atoms with Crippen molar-refractivity contribution in [3.63, 3.8) is 0 Å². The Morgan fingerprint density at radius 3 is 2.53 bits per heavy atom. The smallest absolute Gasteiger partial charge is 0.265 e. The van der Waals surface area contributed by atoms with Crippen molar-refractivity contribution in [3.8, 4) is 5.75 Å². The number of anilines is 1. The summed E-state index contributed by atoms with van der Waals surface area (Å²) >= 11 is 0. The Hall–Kier alpha value is -2.91. The van der Waals surface area contributed by atoms with Crippen molar-refractivity contribution < 1.29 is 22.7 Å². The number of piperidine rings is 1. The number of benzene rings is 2. The highest BCUT2D eigenvalue weighted by atomic mass is 32.2. The first-order chi connectivity index (χ1) is 15.2. The standard InChI is InChI=1S/C23H27N3O5S/c1-15-3-5-17(6-4-15)14-24-23(28)18-9-11-26(12-10-18)32(29,30)19-7-8-21-20(13-19)25-22(27)16(2)31-21/h3-8,13,16,18H,9-12,14H2,1-2H3,(H,24,28)(H,25,27)/t16-/m0/s1. The van der Waals surface area contributed by atoms with Gasteiger partial charge in [-0.1, -0.05) is 29.8 Å². The van der Waals surface area contributed by atoms with Gasteiger partial charge in [-0.15, -0.1) is 0 Å². The Labute approximate surface area is 188 Å². The summed E-state index contributed by atoms with van der Waals surface area (Å²) in [6, 6.07) is 12.4. The maximum atomic E-state index is 13.1. The van der Waals surface area contributed by atoms with Gasteiger partial charge in [0, 0.05) is 25.6 Å². The molecule has 170 valence electrons. The zero-order chi connectivity index (χ0) is 22.9. The third-order valence-corrected chi connectivity index (χ3v) is 7.83. The molecule has 9 heteroatoms. The van der Waals surface area contributed by atoms with Crippen molar-refractivity contribution in [2.24, 2.45) is 5.92 Å². The van der Waals surface area contributed by atoms with E-state index < -0.39 is 16.1 Å². The van der Waals surface area contributed by atoms with Crippen LogP contribution in [0, 0.1) is 12.8 Å². The summed E-state index contributed by atoms with van der Waals surface area (Å²) in [5.74, 6) is -0.139. The molecule has 2 aromatic rings. The van der Waals surface area contributed by atoms with E-state index in [0.717, 1.165) is 11.1 Å². The second-order valence-electron chi connectivity index (χ2n) is 8.29. The van der Waals surface area contributed by atoms with Gasteiger partial charge in [0.1, 0.15) is 5.75 Å². The maximum Gasteiger partial charge on any atom is 0.265 e. The summed E-state index contributed by atoms with van der Waals surface area (Å²) in [6.45, 7) is 4.63. The Morgan fingerprint density at radius 1 is 1.16 bits per heavy atom. The van der Waals surface area contributed by atoms with E-state index in [1.807, 2.05) is 31.2 Å². The van der Waals surface area contributed by atoms with Gasteiger partial charge in [-0.05, 0) is 50.5 Å². The third kappa shape index (κ3) is 4.63. The Bertz CT molecular complexity index is 1120. The number of amides is 2. The monoisotopic (exact) mass is 457 g/mol. The van der Waals surface area contributed by atoms with Gasteiger partial charge in [-0.2, -0.15) is 4.31 Å². The normalized spacial score (nSPS) is 19.6. The predicted molar refractivity (Wildman–Crippen MR) is 120 cm³/mol. The topological polar surface area (TPSA) is 105 Å². The van der Waals surface area contributed by atoms with Crippen LogP contribution in [0.15, 0.2) is 47.4 Å². The van der Waals surface area contributed by atoms with Crippen molar-refractivity contribution in [2.75, 3.05) is 18.4 Å². The van der Waals surface area contributed by atoms with Crippen molar-refractivity contribution in [1.29, 1.82) is 0 Å². The molecule has 0 radical (unpaired) electrons. The first kappa shape index (κ1) is 22.3. The Morgan fingerprint density at radius 2 is 1.84 bits per heavy atom. The molecule has 2 N–H and O–H groups in total. The van der Waals surface area contributed by atoms with Crippen LogP contribution in [0.4, 0.5) is 5.69 Å². The number of ether oxygens (including phenoxy) is 1. The average molecular weight is 458 g/mol. The quantitative estimate of drug-likeness (QED) is 0.718. The van der Waals surface area contributed by atoms with E-state index in [-0.39, 0.29) is 35.7 Å². The van der Waals surface area contributed by atoms with Crippen LogP contribution in [0.25, 0.3) is 0 Å². The maximum absolute atomic E-state index is 13.1. The molecule has 2 aromatic carbocycles. The fraction of sp³-hybridized carbons (Fsp3) is 0.391. The number of nitrogens with one attached hydrogen (secondary N) is 2. The lowest BCUT2D eigenvalue weighted by Crippen LogP contribution is -2.43. The number of hydrogen-bond acceptors (Lipinski definition) is 5. The lowest BCUT2D eigenvalue weighted by Gasteiger charge is -2.31. The molecule has 0 spiro atoms. The van der Waals surface area contributed by atoms with E-state index in [1.54, 1.807) is 13.0 Å². The minimum atomic E-state index is -3.74. The van der Waals surface area contributed by atoms with E-state index in [4.69, 9.17) is 4.74 Å². The van der Waals surface area contributed by atoms with Gasteiger partial charge in [-0.3, -0.25) is 9.59 Å². The van der Waals surface area contributed by atoms with Gasteiger partial charge in [-0.25, -0.2) is 8.42 Å². The molecule has 1 atom stereocenters. The highest BCUT2D eigenvalue weighted by Gasteiger charge is 2.33. The number of nitrogens with zero attached hydrogens (tertiary/aromatic N) is 1. The number of hydrogen-bond donors (Lipinski definition) is 2. The van der Waals surface area contributed by atoms with Crippen LogP contribution in [-0.2, 0) is 26.2 Å². The van der Waals surface area contributed by atoms with E-state index in [0.29, 0.717) is 30.8 Å². The molecule has 0 bridgehead atoms. The molecule has 2 aliphatic heterocycles. The SMILES string of the molecule is Cc1ccc(CNC(=O)C2CCN(S(=O)(=O)c3ccc4c(c3)NC(=O)[C@H](C)O4)CC2)cc1. The molecule has 0 saturated carbocycles. The summed E-state index contributed by atoms with van der Waals surface area (Å²) < 4.78 is 33.1. The van der Waals surface area contributed by atoms with Gasteiger partial charge in [0.2, 0.25) is 15.9 Å². The molecule has 0 aliphatic carbocycles. The number of sulfonamides is 1. The molecule has 8 nitrogen and oxygen atoms in total. The predicted octanol–water partition coefficient (Wildman–Crippen LogP) is 2.43. The zero-order valence-electron chi connectivity index (χ0n) is 18.1. The van der Waals surface area contributed by atoms with Crippen LogP contribution in [0.2, 0.25) is 0 Å². The largest absolute Gasteiger partial charge is 0.479 e. The molecule has 32 heavy (non-hydrogen) atoms. The van der Waals surface area contributed by atoms with Crippen molar-refractivity contribution in [1.82, 2.24) is 9.62 Å². The van der Waals surface area contributed by atoms with Crippen LogP contribution >= 0.6 is 0 Å². The number of fused-ring (bicyclic) bond motifs is 1. The van der Waals surface area contributed by atoms with Crippen LogP contribution in [-0.4, -0.2) is 43.7 Å². The van der Waals surface area contributed by atoms with Crippen LogP contribution in [0.5, 0.6) is 5.75 Å². The van der Waals surface area contributed by atoms with Gasteiger partial charge in [0.05, 0.1) is 10.6 Å². The molecule has 1 fully saturated rings. The summed E-state index contributed by atoms with van der Waals surface area (Å²) in [5.41, 5.74) is 2.54. The molecule has 2 aliphatic rings. The second-order valence-corrected chi connectivity index (χ2v) is 10.2. The number of rotatable bonds is 5. The molecular formula is C23H27N3O5S. The van der Waals surface area contributed by atoms with E-state index in [1.165, 1.54) is 16.4 Å². The molecule has 2 heterocycles. The molecule has 0 unspecified atom stereocenters. The number of aryl methyl sites for hydroxylation is 1. The van der Waals surface area contributed by atoms with Crippen LogP contribution in [0.1, 0.15) is 30.9 Å². The fourth-order valence-electron chi connectivity index (χ4n) is 3.90. The average Bonchev–Trinajstić information content (AvgIpc) is 2.79. The number of carbonyl (C=O) groups excluding carboxylic acids is 2. The Balaban J connectivity index is 1.36. The third-order valence-electron chi connectivity index (χ3n) is 5.93. The highest BCUT2D eigenvalue weighted by molar-refractivity contribution is 7.89. The molecule has 4 rings (SSSR count). The van der Waals surface area contributed by atoms with Gasteiger partial charge < -0.3 is 15.4 Å². The van der Waals surface area contributed by atoms with E-state index >= 15 is 0 Å². The first-order valence-corrected chi connectivity index (χ1v) is 12.1. The van der Waals surface area contributed by atoms with Gasteiger partial charge in [0.15, 0.2) is 6.10 Å². The highest BCUT2D eigenvalue weighted by Crippen LogP contribution is 2.33.